The van der Waals surface area contributed by atoms with Crippen LogP contribution in [-0.2, 0) is 20.9 Å². The molecular weight excluding hydrogens is 526 g/mol. The number of ether oxygens (including phenoxy) is 1. The molecule has 1 unspecified atom stereocenters. The molecule has 4 aliphatic heterocycles. The van der Waals surface area contributed by atoms with E-state index in [0.717, 1.165) is 16.8 Å². The maximum absolute atomic E-state index is 13.4. The number of anilines is 2. The molecule has 1 N–H and O–H groups in total. The predicted octanol–water partition coefficient (Wildman–Crippen LogP) is 3.23. The van der Waals surface area contributed by atoms with Gasteiger partial charge in [-0.25, -0.2) is 9.59 Å². The molecule has 11 nitrogen and oxygen atoms in total. The van der Waals surface area contributed by atoms with E-state index in [9.17, 15) is 24.0 Å². The summed E-state index contributed by atoms with van der Waals surface area (Å²) in [4.78, 5) is 69.1. The fourth-order valence-electron chi connectivity index (χ4n) is 5.84. The van der Waals surface area contributed by atoms with E-state index in [1.807, 2.05) is 51.1 Å². The number of carbonyl (C=O) groups excluding carboxylic acids is 5. The number of rotatable bonds is 4. The molecule has 4 heterocycles. The molecule has 0 radical (unpaired) electrons. The number of hydrogen-bond donors (Lipinski definition) is 1. The van der Waals surface area contributed by atoms with E-state index < -0.39 is 17.6 Å². The lowest BCUT2D eigenvalue weighted by Crippen LogP contribution is -2.52. The maximum atomic E-state index is 13.4. The smallest absolute Gasteiger partial charge is 0.410 e. The molecule has 2 aromatic rings. The highest BCUT2D eigenvalue weighted by Gasteiger charge is 2.40. The standard InChI is InChI=1S/C30H33N5O6/c1-30(2,3)41-29(40)32-15-20(16-32)18-4-6-21(7-5-18)33-12-13-34(28(33)39)22-8-9-23-19(14-22)17-35(27(23)38)24-10-11-25(36)31-26(24)37/h4-9,14,20,24H,10-13,15-17H2,1-3H3,(H,31,36,37). The average Bonchev–Trinajstić information content (AvgIpc) is 3.42. The van der Waals surface area contributed by atoms with Gasteiger partial charge >= 0.3 is 12.1 Å². The second-order valence-corrected chi connectivity index (χ2v) is 12.0. The van der Waals surface area contributed by atoms with Gasteiger partial charge in [-0.15, -0.1) is 0 Å². The summed E-state index contributed by atoms with van der Waals surface area (Å²) in [7, 11) is 0. The van der Waals surface area contributed by atoms with Crippen molar-refractivity contribution in [2.24, 2.45) is 0 Å². The van der Waals surface area contributed by atoms with Crippen molar-refractivity contribution in [3.8, 4) is 0 Å². The number of nitrogens with one attached hydrogen (secondary N) is 1. The number of hydrogen-bond acceptors (Lipinski definition) is 6. The van der Waals surface area contributed by atoms with Gasteiger partial charge in [-0.1, -0.05) is 12.1 Å². The van der Waals surface area contributed by atoms with E-state index in [-0.39, 0.29) is 42.8 Å². The van der Waals surface area contributed by atoms with Crippen LogP contribution in [0.5, 0.6) is 0 Å². The predicted molar refractivity (Wildman–Crippen MR) is 150 cm³/mol. The highest BCUT2D eigenvalue weighted by atomic mass is 16.6. The van der Waals surface area contributed by atoms with Gasteiger partial charge in [-0.2, -0.15) is 0 Å². The van der Waals surface area contributed by atoms with Crippen LogP contribution in [0.25, 0.3) is 0 Å². The maximum Gasteiger partial charge on any atom is 0.410 e. The minimum atomic E-state index is -0.678. The Morgan fingerprint density at radius 3 is 2.24 bits per heavy atom. The molecule has 4 aliphatic rings. The fraction of sp³-hybridized carbons (Fsp3) is 0.433. The van der Waals surface area contributed by atoms with Crippen LogP contribution in [0.4, 0.5) is 21.0 Å². The van der Waals surface area contributed by atoms with Crippen molar-refractivity contribution in [1.29, 1.82) is 0 Å². The summed E-state index contributed by atoms with van der Waals surface area (Å²) >= 11 is 0. The third-order valence-electron chi connectivity index (χ3n) is 8.04. The lowest BCUT2D eigenvalue weighted by Gasteiger charge is -2.40. The van der Waals surface area contributed by atoms with Gasteiger partial charge in [-0.05, 0) is 68.7 Å². The summed E-state index contributed by atoms with van der Waals surface area (Å²) < 4.78 is 5.43. The largest absolute Gasteiger partial charge is 0.444 e. The minimum absolute atomic E-state index is 0.149. The van der Waals surface area contributed by atoms with Crippen molar-refractivity contribution in [1.82, 2.24) is 15.1 Å². The highest BCUT2D eigenvalue weighted by molar-refractivity contribution is 6.08. The molecule has 0 bridgehead atoms. The number of carbonyl (C=O) groups is 5. The lowest BCUT2D eigenvalue weighted by molar-refractivity contribution is -0.136. The first kappa shape index (κ1) is 26.8. The molecule has 0 saturated carbocycles. The van der Waals surface area contributed by atoms with Crippen molar-refractivity contribution >= 4 is 41.2 Å². The van der Waals surface area contributed by atoms with Crippen molar-refractivity contribution in [2.75, 3.05) is 36.0 Å². The molecule has 214 valence electrons. The van der Waals surface area contributed by atoms with Crippen LogP contribution in [0, 0.1) is 0 Å². The molecule has 11 heteroatoms. The van der Waals surface area contributed by atoms with Crippen molar-refractivity contribution in [3.63, 3.8) is 0 Å². The first-order valence-corrected chi connectivity index (χ1v) is 13.9. The number of imide groups is 1. The average molecular weight is 560 g/mol. The molecule has 0 spiro atoms. The topological polar surface area (TPSA) is 120 Å². The second kappa shape index (κ2) is 9.90. The summed E-state index contributed by atoms with van der Waals surface area (Å²) in [5.74, 6) is -0.776. The monoisotopic (exact) mass is 559 g/mol. The molecule has 3 saturated heterocycles. The first-order valence-electron chi connectivity index (χ1n) is 13.9. The number of piperidine rings is 1. The molecule has 2 aromatic carbocycles. The number of likely N-dealkylation sites (tertiary alicyclic amines) is 1. The Morgan fingerprint density at radius 1 is 0.927 bits per heavy atom. The minimum Gasteiger partial charge on any atom is -0.444 e. The number of amides is 6. The summed E-state index contributed by atoms with van der Waals surface area (Å²) in [6.07, 6.45) is 0.206. The third kappa shape index (κ3) is 5.00. The molecular formula is C30H33N5O6. The van der Waals surface area contributed by atoms with Gasteiger partial charge < -0.3 is 14.5 Å². The van der Waals surface area contributed by atoms with Crippen LogP contribution in [-0.4, -0.2) is 77.5 Å². The van der Waals surface area contributed by atoms with E-state index >= 15 is 0 Å². The summed E-state index contributed by atoms with van der Waals surface area (Å²) in [6.45, 7) is 8.04. The van der Waals surface area contributed by atoms with Crippen LogP contribution >= 0.6 is 0 Å². The Bertz CT molecular complexity index is 1440. The fourth-order valence-corrected chi connectivity index (χ4v) is 5.84. The Hall–Kier alpha value is -4.41. The number of fused-ring (bicyclic) bond motifs is 1. The highest BCUT2D eigenvalue weighted by Crippen LogP contribution is 2.34. The third-order valence-corrected chi connectivity index (χ3v) is 8.04. The first-order chi connectivity index (χ1) is 19.5. The Labute approximate surface area is 238 Å². The van der Waals surface area contributed by atoms with Gasteiger partial charge in [0.15, 0.2) is 0 Å². The van der Waals surface area contributed by atoms with Gasteiger partial charge in [0.05, 0.1) is 0 Å². The van der Waals surface area contributed by atoms with E-state index in [2.05, 4.69) is 5.32 Å². The molecule has 6 amide bonds. The van der Waals surface area contributed by atoms with E-state index in [1.54, 1.807) is 26.8 Å². The Kier molecular flexibility index (Phi) is 6.47. The lowest BCUT2D eigenvalue weighted by atomic mass is 9.92. The Morgan fingerprint density at radius 2 is 1.59 bits per heavy atom. The molecule has 41 heavy (non-hydrogen) atoms. The van der Waals surface area contributed by atoms with Crippen LogP contribution in [0.15, 0.2) is 42.5 Å². The van der Waals surface area contributed by atoms with Crippen molar-refractivity contribution < 1.29 is 28.7 Å². The number of urea groups is 1. The van der Waals surface area contributed by atoms with Crippen LogP contribution in [0.1, 0.15) is 61.0 Å². The van der Waals surface area contributed by atoms with Gasteiger partial charge in [0, 0.05) is 62.0 Å². The summed E-state index contributed by atoms with van der Waals surface area (Å²) in [6, 6.07) is 12.4. The molecule has 6 rings (SSSR count). The van der Waals surface area contributed by atoms with Crippen LogP contribution < -0.4 is 15.1 Å². The van der Waals surface area contributed by atoms with E-state index in [4.69, 9.17) is 4.74 Å². The van der Waals surface area contributed by atoms with Gasteiger partial charge in [0.25, 0.3) is 5.91 Å². The SMILES string of the molecule is CC(C)(C)OC(=O)N1CC(c2ccc(N3CCN(c4ccc5c(c4)CN(C4CCC(=O)NC4=O)C5=O)C3=O)cc2)C1. The van der Waals surface area contributed by atoms with Gasteiger partial charge in [-0.3, -0.25) is 29.5 Å². The molecule has 0 aromatic heterocycles. The molecule has 1 atom stereocenters. The second-order valence-electron chi connectivity index (χ2n) is 12.0. The molecule has 0 aliphatic carbocycles. The Balaban J connectivity index is 1.09. The van der Waals surface area contributed by atoms with E-state index in [0.29, 0.717) is 43.9 Å². The molecule has 3 fully saturated rings. The summed E-state index contributed by atoms with van der Waals surface area (Å²) in [5, 5.41) is 2.31. The van der Waals surface area contributed by atoms with Gasteiger partial charge in [0.2, 0.25) is 11.8 Å². The number of benzene rings is 2. The van der Waals surface area contributed by atoms with Gasteiger partial charge in [0.1, 0.15) is 11.6 Å². The van der Waals surface area contributed by atoms with Crippen LogP contribution in [0.2, 0.25) is 0 Å². The zero-order chi connectivity index (χ0) is 29.1. The normalized spacial score (nSPS) is 21.3. The van der Waals surface area contributed by atoms with E-state index in [1.165, 1.54) is 4.90 Å². The quantitative estimate of drug-likeness (QED) is 0.575. The van der Waals surface area contributed by atoms with Crippen LogP contribution in [0.3, 0.4) is 0 Å². The number of nitrogens with zero attached hydrogens (tertiary/aromatic N) is 4. The van der Waals surface area contributed by atoms with Crippen molar-refractivity contribution in [2.45, 2.75) is 57.7 Å². The summed E-state index contributed by atoms with van der Waals surface area (Å²) in [5.41, 5.74) is 3.36. The zero-order valence-corrected chi connectivity index (χ0v) is 23.4. The van der Waals surface area contributed by atoms with Crippen molar-refractivity contribution in [3.05, 3.63) is 59.2 Å². The zero-order valence-electron chi connectivity index (χ0n) is 23.4.